The molecule has 4 rings (SSSR count). The van der Waals surface area contributed by atoms with E-state index >= 15 is 0 Å². The van der Waals surface area contributed by atoms with E-state index in [-0.39, 0.29) is 11.5 Å². The number of H-pyrrole nitrogens is 1. The third-order valence-electron chi connectivity index (χ3n) is 4.15. The van der Waals surface area contributed by atoms with Gasteiger partial charge in [-0.05, 0) is 36.4 Å². The zero-order chi connectivity index (χ0) is 18.8. The van der Waals surface area contributed by atoms with Crippen molar-refractivity contribution in [3.05, 3.63) is 71.2 Å². The van der Waals surface area contributed by atoms with E-state index in [1.165, 1.54) is 6.07 Å². The van der Waals surface area contributed by atoms with E-state index in [9.17, 15) is 10.1 Å². The van der Waals surface area contributed by atoms with Crippen molar-refractivity contribution in [1.82, 2.24) is 20.2 Å². The third-order valence-corrected chi connectivity index (χ3v) is 4.15. The number of nitro groups is 1. The second kappa shape index (κ2) is 6.71. The van der Waals surface area contributed by atoms with Gasteiger partial charge in [-0.25, -0.2) is 4.98 Å². The van der Waals surface area contributed by atoms with Crippen molar-refractivity contribution < 1.29 is 4.92 Å². The Hall–Kier alpha value is -4.01. The van der Waals surface area contributed by atoms with E-state index in [4.69, 9.17) is 0 Å². The van der Waals surface area contributed by atoms with Crippen molar-refractivity contribution in [1.29, 1.82) is 0 Å². The number of nitrogens with zero attached hydrogens (tertiary/aromatic N) is 5. The summed E-state index contributed by atoms with van der Waals surface area (Å²) >= 11 is 0. The summed E-state index contributed by atoms with van der Waals surface area (Å²) in [4.78, 5) is 21.3. The van der Waals surface area contributed by atoms with Crippen LogP contribution in [-0.2, 0) is 0 Å². The maximum absolute atomic E-state index is 11.4. The molecule has 3 heterocycles. The Kier molecular flexibility index (Phi) is 4.09. The molecule has 1 aromatic carbocycles. The monoisotopic (exact) mass is 361 g/mol. The Morgan fingerprint density at radius 1 is 1.15 bits per heavy atom. The second-order valence-electron chi connectivity index (χ2n) is 5.86. The average molecular weight is 361 g/mol. The standard InChI is InChI=1S/C18H15N7O2/c1-24(14-6-8-19-9-7-14)17-5-4-16(25(26)27)18(22-17)21-13-2-3-15-12(10-13)11-20-23-15/h2-11H,1H3,(H,20,23)(H,21,22). The van der Waals surface area contributed by atoms with Gasteiger partial charge in [0.1, 0.15) is 5.82 Å². The maximum atomic E-state index is 11.4. The number of fused-ring (bicyclic) bond motifs is 1. The number of rotatable bonds is 5. The quantitative estimate of drug-likeness (QED) is 0.411. The predicted octanol–water partition coefficient (Wildman–Crippen LogP) is 3.77. The first-order valence-corrected chi connectivity index (χ1v) is 8.11. The minimum absolute atomic E-state index is 0.103. The lowest BCUT2D eigenvalue weighted by Gasteiger charge is -2.19. The summed E-state index contributed by atoms with van der Waals surface area (Å²) in [6, 6.07) is 12.2. The van der Waals surface area contributed by atoms with E-state index in [0.717, 1.165) is 16.6 Å². The molecule has 134 valence electrons. The fourth-order valence-corrected chi connectivity index (χ4v) is 2.72. The normalized spacial score (nSPS) is 10.7. The van der Waals surface area contributed by atoms with E-state index in [1.807, 2.05) is 42.3 Å². The Labute approximate surface area is 153 Å². The highest BCUT2D eigenvalue weighted by atomic mass is 16.6. The fourth-order valence-electron chi connectivity index (χ4n) is 2.72. The summed E-state index contributed by atoms with van der Waals surface area (Å²) in [5.74, 6) is 0.736. The molecule has 0 aliphatic heterocycles. The van der Waals surface area contributed by atoms with Crippen molar-refractivity contribution >= 4 is 39.6 Å². The van der Waals surface area contributed by atoms with Gasteiger partial charge in [0.2, 0.25) is 5.82 Å². The minimum atomic E-state index is -0.456. The number of pyridine rings is 2. The van der Waals surface area contributed by atoms with E-state index in [1.54, 1.807) is 24.7 Å². The molecule has 27 heavy (non-hydrogen) atoms. The summed E-state index contributed by atoms with van der Waals surface area (Å²) in [6.45, 7) is 0. The third kappa shape index (κ3) is 3.25. The molecular weight excluding hydrogens is 346 g/mol. The van der Waals surface area contributed by atoms with Crippen molar-refractivity contribution in [2.75, 3.05) is 17.3 Å². The summed E-state index contributed by atoms with van der Waals surface area (Å²) in [7, 11) is 1.84. The van der Waals surface area contributed by atoms with Gasteiger partial charge in [-0.3, -0.25) is 20.2 Å². The van der Waals surface area contributed by atoms with E-state index < -0.39 is 4.92 Å². The molecule has 0 saturated heterocycles. The van der Waals surface area contributed by atoms with E-state index in [0.29, 0.717) is 11.5 Å². The van der Waals surface area contributed by atoms with Crippen LogP contribution in [0.15, 0.2) is 61.1 Å². The lowest BCUT2D eigenvalue weighted by atomic mass is 10.2. The van der Waals surface area contributed by atoms with Gasteiger partial charge >= 0.3 is 5.69 Å². The SMILES string of the molecule is CN(c1ccncc1)c1ccc([N+](=O)[O-])c(Nc2ccc3[nH]ncc3c2)n1. The van der Waals surface area contributed by atoms with Gasteiger partial charge < -0.3 is 10.2 Å². The summed E-state index contributed by atoms with van der Waals surface area (Å²) < 4.78 is 0. The molecule has 4 aromatic rings. The van der Waals surface area contributed by atoms with Gasteiger partial charge in [0.15, 0.2) is 0 Å². The summed E-state index contributed by atoms with van der Waals surface area (Å²) in [6.07, 6.45) is 5.04. The molecule has 0 aliphatic rings. The molecule has 9 heteroatoms. The number of anilines is 4. The van der Waals surface area contributed by atoms with Crippen LogP contribution >= 0.6 is 0 Å². The lowest BCUT2D eigenvalue weighted by molar-refractivity contribution is -0.384. The number of nitrogens with one attached hydrogen (secondary N) is 2. The molecule has 0 spiro atoms. The first kappa shape index (κ1) is 16.5. The van der Waals surface area contributed by atoms with Gasteiger partial charge in [0.05, 0.1) is 16.6 Å². The molecule has 2 N–H and O–H groups in total. The molecule has 0 atom stereocenters. The van der Waals surface area contributed by atoms with Gasteiger partial charge in [-0.1, -0.05) is 0 Å². The molecular formula is C18H15N7O2. The van der Waals surface area contributed by atoms with Gasteiger partial charge in [0.25, 0.3) is 0 Å². The van der Waals surface area contributed by atoms with Crippen LogP contribution in [-0.4, -0.2) is 32.1 Å². The molecule has 0 unspecified atom stereocenters. The molecule has 9 nitrogen and oxygen atoms in total. The molecule has 0 fully saturated rings. The fraction of sp³-hybridized carbons (Fsp3) is 0.0556. The van der Waals surface area contributed by atoms with E-state index in [2.05, 4.69) is 25.5 Å². The molecule has 0 bridgehead atoms. The highest BCUT2D eigenvalue weighted by Crippen LogP contribution is 2.31. The van der Waals surface area contributed by atoms with Crippen LogP contribution in [0.1, 0.15) is 0 Å². The van der Waals surface area contributed by atoms with Crippen LogP contribution in [0, 0.1) is 10.1 Å². The Balaban J connectivity index is 1.72. The van der Waals surface area contributed by atoms with Crippen molar-refractivity contribution in [3.63, 3.8) is 0 Å². The largest absolute Gasteiger partial charge is 0.334 e. The number of aromatic nitrogens is 4. The zero-order valence-corrected chi connectivity index (χ0v) is 14.3. The van der Waals surface area contributed by atoms with Crippen LogP contribution < -0.4 is 10.2 Å². The number of aromatic amines is 1. The summed E-state index contributed by atoms with van der Waals surface area (Å²) in [5.41, 5.74) is 2.34. The maximum Gasteiger partial charge on any atom is 0.311 e. The first-order chi connectivity index (χ1) is 13.1. The van der Waals surface area contributed by atoms with Crippen molar-refractivity contribution in [2.24, 2.45) is 0 Å². The minimum Gasteiger partial charge on any atom is -0.334 e. The smallest absolute Gasteiger partial charge is 0.311 e. The van der Waals surface area contributed by atoms with Gasteiger partial charge in [-0.15, -0.1) is 0 Å². The van der Waals surface area contributed by atoms with Gasteiger partial charge in [0, 0.05) is 42.3 Å². The van der Waals surface area contributed by atoms with Crippen LogP contribution in [0.2, 0.25) is 0 Å². The van der Waals surface area contributed by atoms with Crippen LogP contribution in [0.25, 0.3) is 10.9 Å². The average Bonchev–Trinajstić information content (AvgIpc) is 3.15. The highest BCUT2D eigenvalue weighted by molar-refractivity contribution is 5.83. The molecule has 0 amide bonds. The molecule has 0 radical (unpaired) electrons. The Morgan fingerprint density at radius 3 is 2.74 bits per heavy atom. The highest BCUT2D eigenvalue weighted by Gasteiger charge is 2.18. The number of hydrogen-bond acceptors (Lipinski definition) is 7. The Morgan fingerprint density at radius 2 is 1.96 bits per heavy atom. The van der Waals surface area contributed by atoms with Crippen LogP contribution in [0.3, 0.4) is 0 Å². The number of hydrogen-bond donors (Lipinski definition) is 2. The first-order valence-electron chi connectivity index (χ1n) is 8.11. The zero-order valence-electron chi connectivity index (χ0n) is 14.3. The lowest BCUT2D eigenvalue weighted by Crippen LogP contribution is -2.12. The predicted molar refractivity (Wildman–Crippen MR) is 103 cm³/mol. The second-order valence-corrected chi connectivity index (χ2v) is 5.86. The summed E-state index contributed by atoms with van der Waals surface area (Å²) in [5, 5.41) is 22.2. The molecule has 0 aliphatic carbocycles. The van der Waals surface area contributed by atoms with Crippen molar-refractivity contribution in [3.8, 4) is 0 Å². The van der Waals surface area contributed by atoms with Crippen LogP contribution in [0.5, 0.6) is 0 Å². The van der Waals surface area contributed by atoms with Crippen LogP contribution in [0.4, 0.5) is 28.7 Å². The molecule has 3 aromatic heterocycles. The number of benzene rings is 1. The van der Waals surface area contributed by atoms with Crippen molar-refractivity contribution in [2.45, 2.75) is 0 Å². The molecule has 0 saturated carbocycles. The topological polar surface area (TPSA) is 113 Å². The van der Waals surface area contributed by atoms with Gasteiger partial charge in [-0.2, -0.15) is 5.10 Å². The Bertz CT molecular complexity index is 1110.